The van der Waals surface area contributed by atoms with Crippen molar-refractivity contribution in [2.45, 2.75) is 31.6 Å². The van der Waals surface area contributed by atoms with Crippen molar-refractivity contribution in [3.05, 3.63) is 34.9 Å². The van der Waals surface area contributed by atoms with Crippen LogP contribution in [0.25, 0.3) is 0 Å². The van der Waals surface area contributed by atoms with Gasteiger partial charge in [0, 0.05) is 5.02 Å². The summed E-state index contributed by atoms with van der Waals surface area (Å²) in [5.41, 5.74) is 0.767. The van der Waals surface area contributed by atoms with Crippen LogP contribution in [-0.2, 0) is 4.79 Å². The highest BCUT2D eigenvalue weighted by molar-refractivity contribution is 6.31. The molecule has 1 unspecified atom stereocenters. The fourth-order valence-corrected chi connectivity index (χ4v) is 2.86. The van der Waals surface area contributed by atoms with Gasteiger partial charge in [-0.25, -0.2) is 0 Å². The molecule has 0 aliphatic heterocycles. The Labute approximate surface area is 100 Å². The quantitative estimate of drug-likeness (QED) is 0.872. The number of hydrogen-bond donors (Lipinski definition) is 1. The second kappa shape index (κ2) is 4.88. The largest absolute Gasteiger partial charge is 0.481 e. The van der Waals surface area contributed by atoms with E-state index < -0.39 is 11.9 Å². The first-order chi connectivity index (χ1) is 7.70. The number of carboxylic acid groups (broad SMARTS) is 1. The summed E-state index contributed by atoms with van der Waals surface area (Å²) in [7, 11) is 0. The monoisotopic (exact) mass is 238 g/mol. The maximum atomic E-state index is 11.4. The molecule has 1 aromatic rings. The summed E-state index contributed by atoms with van der Waals surface area (Å²) in [6.45, 7) is 0. The molecule has 86 valence electrons. The molecule has 0 bridgehead atoms. The number of carboxylic acids is 1. The summed E-state index contributed by atoms with van der Waals surface area (Å²) in [5, 5.41) is 9.92. The lowest BCUT2D eigenvalue weighted by Crippen LogP contribution is -2.19. The van der Waals surface area contributed by atoms with Gasteiger partial charge >= 0.3 is 5.97 Å². The van der Waals surface area contributed by atoms with Crippen molar-refractivity contribution in [2.24, 2.45) is 5.92 Å². The van der Waals surface area contributed by atoms with Gasteiger partial charge in [0.05, 0.1) is 5.92 Å². The van der Waals surface area contributed by atoms with Crippen LogP contribution < -0.4 is 0 Å². The summed E-state index contributed by atoms with van der Waals surface area (Å²) < 4.78 is 0. The average molecular weight is 239 g/mol. The van der Waals surface area contributed by atoms with Gasteiger partial charge in [-0.15, -0.1) is 0 Å². The summed E-state index contributed by atoms with van der Waals surface area (Å²) >= 11 is 6.08. The molecule has 16 heavy (non-hydrogen) atoms. The fraction of sp³-hybridized carbons (Fsp3) is 0.462. The number of halogens is 1. The van der Waals surface area contributed by atoms with Crippen LogP contribution in [0.15, 0.2) is 24.3 Å². The Kier molecular flexibility index (Phi) is 3.49. The lowest BCUT2D eigenvalue weighted by molar-refractivity contribution is -0.140. The van der Waals surface area contributed by atoms with E-state index in [0.29, 0.717) is 5.02 Å². The Morgan fingerprint density at radius 2 is 1.94 bits per heavy atom. The fourth-order valence-electron chi connectivity index (χ4n) is 2.61. The second-order valence-corrected chi connectivity index (χ2v) is 4.79. The Hall–Kier alpha value is -1.02. The Bertz CT molecular complexity index is 383. The molecule has 0 heterocycles. The molecule has 0 amide bonds. The Balaban J connectivity index is 2.32. The standard InChI is InChI=1S/C13H15ClO2/c14-11-8-4-3-7-10(11)12(13(15)16)9-5-1-2-6-9/h3-4,7-9,12H,1-2,5-6H2,(H,15,16). The van der Waals surface area contributed by atoms with E-state index >= 15 is 0 Å². The van der Waals surface area contributed by atoms with Gasteiger partial charge in [0.15, 0.2) is 0 Å². The summed E-state index contributed by atoms with van der Waals surface area (Å²) in [6, 6.07) is 7.28. The summed E-state index contributed by atoms with van der Waals surface area (Å²) in [6.07, 6.45) is 4.28. The lowest BCUT2D eigenvalue weighted by Gasteiger charge is -2.20. The SMILES string of the molecule is O=C(O)C(c1ccccc1Cl)C1CCCC1. The van der Waals surface area contributed by atoms with E-state index in [9.17, 15) is 9.90 Å². The highest BCUT2D eigenvalue weighted by Crippen LogP contribution is 2.39. The Morgan fingerprint density at radius 3 is 2.50 bits per heavy atom. The minimum absolute atomic E-state index is 0.248. The smallest absolute Gasteiger partial charge is 0.311 e. The van der Waals surface area contributed by atoms with Gasteiger partial charge < -0.3 is 5.11 Å². The molecule has 1 saturated carbocycles. The van der Waals surface area contributed by atoms with Gasteiger partial charge in [-0.2, -0.15) is 0 Å². The first-order valence-electron chi connectivity index (χ1n) is 5.67. The molecule has 2 nitrogen and oxygen atoms in total. The van der Waals surface area contributed by atoms with E-state index in [4.69, 9.17) is 11.6 Å². The maximum absolute atomic E-state index is 11.4. The average Bonchev–Trinajstić information content (AvgIpc) is 2.74. The molecule has 0 radical (unpaired) electrons. The molecule has 2 rings (SSSR count). The number of carbonyl (C=O) groups is 1. The van der Waals surface area contributed by atoms with Crippen molar-refractivity contribution >= 4 is 17.6 Å². The topological polar surface area (TPSA) is 37.3 Å². The third-order valence-corrected chi connectivity index (χ3v) is 3.72. The summed E-state index contributed by atoms with van der Waals surface area (Å²) in [5.74, 6) is -0.936. The number of benzene rings is 1. The molecular weight excluding hydrogens is 224 g/mol. The van der Waals surface area contributed by atoms with Gasteiger partial charge in [0.2, 0.25) is 0 Å². The van der Waals surface area contributed by atoms with E-state index in [1.54, 1.807) is 6.07 Å². The minimum atomic E-state index is -0.750. The molecule has 1 N–H and O–H groups in total. The lowest BCUT2D eigenvalue weighted by atomic mass is 9.85. The molecule has 1 aliphatic rings. The highest BCUT2D eigenvalue weighted by atomic mass is 35.5. The van der Waals surface area contributed by atoms with Crippen LogP contribution >= 0.6 is 11.6 Å². The van der Waals surface area contributed by atoms with Gasteiger partial charge in [-0.1, -0.05) is 42.6 Å². The van der Waals surface area contributed by atoms with Crippen molar-refractivity contribution < 1.29 is 9.90 Å². The van der Waals surface area contributed by atoms with E-state index in [1.807, 2.05) is 18.2 Å². The number of hydrogen-bond acceptors (Lipinski definition) is 1. The van der Waals surface area contributed by atoms with Crippen molar-refractivity contribution in [3.8, 4) is 0 Å². The zero-order valence-corrected chi connectivity index (χ0v) is 9.78. The number of rotatable bonds is 3. The van der Waals surface area contributed by atoms with Gasteiger partial charge in [0.25, 0.3) is 0 Å². The van der Waals surface area contributed by atoms with E-state index in [2.05, 4.69) is 0 Å². The summed E-state index contributed by atoms with van der Waals surface area (Å²) in [4.78, 5) is 11.4. The first-order valence-corrected chi connectivity index (χ1v) is 6.05. The van der Waals surface area contributed by atoms with E-state index in [0.717, 1.165) is 31.2 Å². The predicted molar refractivity (Wildman–Crippen MR) is 63.8 cm³/mol. The van der Waals surface area contributed by atoms with Crippen LogP contribution in [0.5, 0.6) is 0 Å². The first kappa shape index (κ1) is 11.5. The third-order valence-electron chi connectivity index (χ3n) is 3.38. The molecule has 1 atom stereocenters. The molecule has 0 aromatic heterocycles. The number of aliphatic carboxylic acids is 1. The van der Waals surface area contributed by atoms with Crippen LogP contribution in [0, 0.1) is 5.92 Å². The molecular formula is C13H15ClO2. The van der Waals surface area contributed by atoms with E-state index in [1.165, 1.54) is 0 Å². The van der Waals surface area contributed by atoms with Gasteiger partial charge in [-0.05, 0) is 30.4 Å². The second-order valence-electron chi connectivity index (χ2n) is 4.38. The van der Waals surface area contributed by atoms with Crippen LogP contribution in [-0.4, -0.2) is 11.1 Å². The van der Waals surface area contributed by atoms with Crippen molar-refractivity contribution in [3.63, 3.8) is 0 Å². The van der Waals surface area contributed by atoms with Crippen LogP contribution in [0.1, 0.15) is 37.2 Å². The van der Waals surface area contributed by atoms with E-state index in [-0.39, 0.29) is 5.92 Å². The maximum Gasteiger partial charge on any atom is 0.311 e. The van der Waals surface area contributed by atoms with Crippen LogP contribution in [0.2, 0.25) is 5.02 Å². The Morgan fingerprint density at radius 1 is 1.31 bits per heavy atom. The normalized spacial score (nSPS) is 18.6. The predicted octanol–water partition coefficient (Wildman–Crippen LogP) is 3.70. The molecule has 3 heteroatoms. The molecule has 0 spiro atoms. The zero-order chi connectivity index (χ0) is 11.5. The molecule has 0 saturated heterocycles. The van der Waals surface area contributed by atoms with Crippen molar-refractivity contribution in [2.75, 3.05) is 0 Å². The van der Waals surface area contributed by atoms with Crippen molar-refractivity contribution in [1.29, 1.82) is 0 Å². The zero-order valence-electron chi connectivity index (χ0n) is 9.03. The van der Waals surface area contributed by atoms with Crippen LogP contribution in [0.4, 0.5) is 0 Å². The highest BCUT2D eigenvalue weighted by Gasteiger charge is 2.32. The van der Waals surface area contributed by atoms with Gasteiger partial charge in [-0.3, -0.25) is 4.79 Å². The van der Waals surface area contributed by atoms with Crippen molar-refractivity contribution in [1.82, 2.24) is 0 Å². The third kappa shape index (κ3) is 2.22. The van der Waals surface area contributed by atoms with Crippen LogP contribution in [0.3, 0.4) is 0 Å². The minimum Gasteiger partial charge on any atom is -0.481 e. The van der Waals surface area contributed by atoms with Gasteiger partial charge in [0.1, 0.15) is 0 Å². The molecule has 1 aliphatic carbocycles. The molecule has 1 aromatic carbocycles. The molecule has 1 fully saturated rings.